The lowest BCUT2D eigenvalue weighted by Gasteiger charge is -2.24. The normalized spacial score (nSPS) is 17.1. The predicted octanol–water partition coefficient (Wildman–Crippen LogP) is 4.60. The second-order valence-electron chi connectivity index (χ2n) is 6.18. The lowest BCUT2D eigenvalue weighted by Crippen LogP contribution is -2.43. The van der Waals surface area contributed by atoms with E-state index in [2.05, 4.69) is 10.1 Å². The fourth-order valence-electron chi connectivity index (χ4n) is 2.35. The van der Waals surface area contributed by atoms with E-state index >= 15 is 0 Å². The highest BCUT2D eigenvalue weighted by molar-refractivity contribution is 5.22. The standard InChI is InChI=1S/C16H20F5NO/c1-11(8-15(18,19)9-12-2-3-12)22-10-16(20,21)23-14-6-4-13(17)5-7-14/h4-7,11-12,22H,2-3,8-10H2,1H3/t11-/m1/s1. The summed E-state index contributed by atoms with van der Waals surface area (Å²) in [5, 5.41) is 2.38. The van der Waals surface area contributed by atoms with E-state index < -0.39 is 36.9 Å². The van der Waals surface area contributed by atoms with Crippen molar-refractivity contribution in [2.45, 2.75) is 50.7 Å². The molecule has 2 rings (SSSR count). The monoisotopic (exact) mass is 337 g/mol. The molecule has 0 aromatic heterocycles. The van der Waals surface area contributed by atoms with Crippen LogP contribution < -0.4 is 10.1 Å². The first-order valence-corrected chi connectivity index (χ1v) is 7.59. The minimum absolute atomic E-state index is 0.0699. The Kier molecular flexibility index (Phi) is 5.49. The Bertz CT molecular complexity index is 502. The minimum Gasteiger partial charge on any atom is -0.432 e. The van der Waals surface area contributed by atoms with Crippen LogP contribution in [0.15, 0.2) is 24.3 Å². The van der Waals surface area contributed by atoms with Gasteiger partial charge in [-0.05, 0) is 49.9 Å². The highest BCUT2D eigenvalue weighted by Crippen LogP contribution is 2.40. The summed E-state index contributed by atoms with van der Waals surface area (Å²) in [5.74, 6) is -3.53. The topological polar surface area (TPSA) is 21.3 Å². The molecule has 7 heteroatoms. The maximum absolute atomic E-state index is 13.7. The van der Waals surface area contributed by atoms with Gasteiger partial charge in [0.25, 0.3) is 0 Å². The average Bonchev–Trinajstić information content (AvgIpc) is 3.22. The predicted molar refractivity (Wildman–Crippen MR) is 76.3 cm³/mol. The number of alkyl halides is 4. The van der Waals surface area contributed by atoms with E-state index in [0.717, 1.165) is 37.1 Å². The largest absolute Gasteiger partial charge is 0.432 e. The van der Waals surface area contributed by atoms with Gasteiger partial charge in [-0.1, -0.05) is 0 Å². The quantitative estimate of drug-likeness (QED) is 0.665. The molecule has 130 valence electrons. The SMILES string of the molecule is C[C@H](CC(F)(F)CC1CC1)NCC(F)(F)Oc1ccc(F)cc1. The molecule has 0 bridgehead atoms. The zero-order valence-corrected chi connectivity index (χ0v) is 12.8. The molecule has 2 nitrogen and oxygen atoms in total. The van der Waals surface area contributed by atoms with E-state index in [9.17, 15) is 22.0 Å². The van der Waals surface area contributed by atoms with Crippen LogP contribution in [0.3, 0.4) is 0 Å². The van der Waals surface area contributed by atoms with Crippen LogP contribution >= 0.6 is 0 Å². The summed E-state index contributed by atoms with van der Waals surface area (Å²) in [4.78, 5) is 0. The summed E-state index contributed by atoms with van der Waals surface area (Å²) in [6.45, 7) is 0.542. The third-order valence-electron chi connectivity index (χ3n) is 3.63. The van der Waals surface area contributed by atoms with Crippen LogP contribution in [0.2, 0.25) is 0 Å². The van der Waals surface area contributed by atoms with Gasteiger partial charge in [-0.2, -0.15) is 8.78 Å². The van der Waals surface area contributed by atoms with Crippen LogP contribution in [0.5, 0.6) is 5.75 Å². The summed E-state index contributed by atoms with van der Waals surface area (Å²) in [7, 11) is 0. The number of halogens is 5. The van der Waals surface area contributed by atoms with Gasteiger partial charge in [-0.25, -0.2) is 13.2 Å². The fourth-order valence-corrected chi connectivity index (χ4v) is 2.35. The Morgan fingerprint density at radius 1 is 1.17 bits per heavy atom. The van der Waals surface area contributed by atoms with Gasteiger partial charge in [0.2, 0.25) is 5.92 Å². The van der Waals surface area contributed by atoms with Crippen molar-refractivity contribution >= 4 is 0 Å². The van der Waals surface area contributed by atoms with Crippen LogP contribution in [0.1, 0.15) is 32.6 Å². The molecular weight excluding hydrogens is 317 g/mol. The minimum atomic E-state index is -3.57. The van der Waals surface area contributed by atoms with Gasteiger partial charge in [0.1, 0.15) is 18.1 Å². The first-order valence-electron chi connectivity index (χ1n) is 7.59. The molecule has 1 aromatic carbocycles. The number of hydrogen-bond donors (Lipinski definition) is 1. The zero-order chi connectivity index (χ0) is 17.1. The van der Waals surface area contributed by atoms with E-state index in [1.807, 2.05) is 0 Å². The second-order valence-corrected chi connectivity index (χ2v) is 6.18. The van der Waals surface area contributed by atoms with E-state index in [1.165, 1.54) is 6.92 Å². The molecule has 0 saturated heterocycles. The van der Waals surface area contributed by atoms with Gasteiger partial charge in [-0.15, -0.1) is 0 Å². The molecule has 0 amide bonds. The molecule has 23 heavy (non-hydrogen) atoms. The van der Waals surface area contributed by atoms with E-state index in [0.29, 0.717) is 0 Å². The van der Waals surface area contributed by atoms with Crippen molar-refractivity contribution in [3.63, 3.8) is 0 Å². The second kappa shape index (κ2) is 7.03. The van der Waals surface area contributed by atoms with Crippen LogP contribution in [0, 0.1) is 11.7 Å². The Morgan fingerprint density at radius 3 is 2.35 bits per heavy atom. The van der Waals surface area contributed by atoms with Crippen molar-refractivity contribution in [1.29, 1.82) is 0 Å². The third-order valence-corrected chi connectivity index (χ3v) is 3.63. The van der Waals surface area contributed by atoms with Crippen LogP contribution in [-0.4, -0.2) is 24.6 Å². The third kappa shape index (κ3) is 6.72. The first kappa shape index (κ1) is 18.0. The highest BCUT2D eigenvalue weighted by Gasteiger charge is 2.39. The van der Waals surface area contributed by atoms with Crippen molar-refractivity contribution in [3.8, 4) is 5.75 Å². The molecule has 1 atom stereocenters. The van der Waals surface area contributed by atoms with Crippen molar-refractivity contribution in [2.75, 3.05) is 6.54 Å². The first-order chi connectivity index (χ1) is 10.7. The van der Waals surface area contributed by atoms with Crippen molar-refractivity contribution in [2.24, 2.45) is 5.92 Å². The summed E-state index contributed by atoms with van der Waals surface area (Å²) in [6, 6.07) is 3.39. The fraction of sp³-hybridized carbons (Fsp3) is 0.625. The van der Waals surface area contributed by atoms with E-state index in [4.69, 9.17) is 0 Å². The number of rotatable bonds is 9. The van der Waals surface area contributed by atoms with Gasteiger partial charge < -0.3 is 10.1 Å². The van der Waals surface area contributed by atoms with Crippen molar-refractivity contribution in [3.05, 3.63) is 30.1 Å². The molecule has 0 heterocycles. The molecule has 0 spiro atoms. The number of hydrogen-bond acceptors (Lipinski definition) is 2. The van der Waals surface area contributed by atoms with Gasteiger partial charge >= 0.3 is 6.11 Å². The number of ether oxygens (including phenoxy) is 1. The average molecular weight is 337 g/mol. The molecule has 0 radical (unpaired) electrons. The molecule has 1 fully saturated rings. The highest BCUT2D eigenvalue weighted by atomic mass is 19.3. The molecule has 1 N–H and O–H groups in total. The summed E-state index contributed by atoms with van der Waals surface area (Å²) >= 11 is 0. The molecule has 1 saturated carbocycles. The maximum atomic E-state index is 13.7. The Labute approximate surface area is 132 Å². The number of nitrogens with one attached hydrogen (secondary N) is 1. The van der Waals surface area contributed by atoms with Crippen LogP contribution in [-0.2, 0) is 0 Å². The zero-order valence-electron chi connectivity index (χ0n) is 12.8. The lowest BCUT2D eigenvalue weighted by atomic mass is 10.0. The van der Waals surface area contributed by atoms with Gasteiger partial charge in [0, 0.05) is 18.9 Å². The Morgan fingerprint density at radius 2 is 1.78 bits per heavy atom. The van der Waals surface area contributed by atoms with Gasteiger partial charge in [-0.3, -0.25) is 0 Å². The van der Waals surface area contributed by atoms with Crippen LogP contribution in [0.25, 0.3) is 0 Å². The Balaban J connectivity index is 1.77. The van der Waals surface area contributed by atoms with Crippen LogP contribution in [0.4, 0.5) is 22.0 Å². The van der Waals surface area contributed by atoms with Gasteiger partial charge in [0.15, 0.2) is 0 Å². The van der Waals surface area contributed by atoms with Crippen molar-refractivity contribution in [1.82, 2.24) is 5.32 Å². The van der Waals surface area contributed by atoms with E-state index in [1.54, 1.807) is 0 Å². The molecule has 1 aliphatic carbocycles. The molecule has 0 aliphatic heterocycles. The maximum Gasteiger partial charge on any atom is 0.410 e. The molecule has 0 unspecified atom stereocenters. The molecular formula is C16H20F5NO. The number of benzene rings is 1. The smallest absolute Gasteiger partial charge is 0.410 e. The van der Waals surface area contributed by atoms with Crippen molar-refractivity contribution < 1.29 is 26.7 Å². The summed E-state index contributed by atoms with van der Waals surface area (Å²) in [6.07, 6.45) is -2.60. The summed E-state index contributed by atoms with van der Waals surface area (Å²) in [5.41, 5.74) is 0. The Hall–Kier alpha value is -1.37. The van der Waals surface area contributed by atoms with E-state index in [-0.39, 0.29) is 18.1 Å². The molecule has 1 aliphatic rings. The molecule has 1 aromatic rings. The lowest BCUT2D eigenvalue weighted by molar-refractivity contribution is -0.173. The summed E-state index contributed by atoms with van der Waals surface area (Å²) < 4.78 is 71.8. The van der Waals surface area contributed by atoms with Gasteiger partial charge in [0.05, 0.1) is 0 Å².